The van der Waals surface area contributed by atoms with Gasteiger partial charge in [0.15, 0.2) is 0 Å². The monoisotopic (exact) mass is 282 g/mol. The molecule has 0 spiro atoms. The Morgan fingerprint density at radius 1 is 1.14 bits per heavy atom. The molecule has 1 fully saturated rings. The number of aliphatic imine (C=N–C) groups is 1. The molecule has 0 bridgehead atoms. The maximum absolute atomic E-state index is 9.42. The molecular formula is C17H22N4. The van der Waals surface area contributed by atoms with E-state index in [1.54, 1.807) is 6.08 Å². The molecule has 1 unspecified atom stereocenters. The van der Waals surface area contributed by atoms with Crippen LogP contribution in [0.3, 0.4) is 0 Å². The Kier molecular flexibility index (Phi) is 3.46. The number of hydrogen-bond donors (Lipinski definition) is 1. The van der Waals surface area contributed by atoms with Crippen LogP contribution < -0.4 is 5.32 Å². The first-order valence-corrected chi connectivity index (χ1v) is 7.21. The molecule has 4 nitrogen and oxygen atoms in total. The summed E-state index contributed by atoms with van der Waals surface area (Å²) >= 11 is 0. The minimum absolute atomic E-state index is 0.0407. The molecule has 0 aromatic rings. The van der Waals surface area contributed by atoms with Crippen molar-refractivity contribution in [2.45, 2.75) is 53.0 Å². The summed E-state index contributed by atoms with van der Waals surface area (Å²) in [4.78, 5) is 4.65. The van der Waals surface area contributed by atoms with Gasteiger partial charge in [-0.2, -0.15) is 10.5 Å². The van der Waals surface area contributed by atoms with Crippen molar-refractivity contribution in [3.8, 4) is 12.1 Å². The van der Waals surface area contributed by atoms with Crippen LogP contribution >= 0.6 is 0 Å². The van der Waals surface area contributed by atoms with Crippen LogP contribution in [0.4, 0.5) is 0 Å². The van der Waals surface area contributed by atoms with E-state index in [4.69, 9.17) is 5.26 Å². The predicted molar refractivity (Wildman–Crippen MR) is 83.2 cm³/mol. The van der Waals surface area contributed by atoms with Gasteiger partial charge in [-0.1, -0.05) is 27.7 Å². The smallest absolute Gasteiger partial charge is 0.149 e. The van der Waals surface area contributed by atoms with E-state index < -0.39 is 5.54 Å². The molecule has 0 amide bonds. The van der Waals surface area contributed by atoms with Gasteiger partial charge in [-0.3, -0.25) is 4.99 Å². The van der Waals surface area contributed by atoms with Crippen molar-refractivity contribution in [1.82, 2.24) is 5.32 Å². The van der Waals surface area contributed by atoms with Gasteiger partial charge in [-0.15, -0.1) is 0 Å². The molecule has 1 saturated heterocycles. The third-order valence-corrected chi connectivity index (χ3v) is 4.73. The largest absolute Gasteiger partial charge is 0.361 e. The summed E-state index contributed by atoms with van der Waals surface area (Å²) in [6.07, 6.45) is 5.22. The Bertz CT molecular complexity index is 635. The van der Waals surface area contributed by atoms with Crippen molar-refractivity contribution in [3.05, 3.63) is 23.5 Å². The van der Waals surface area contributed by atoms with E-state index in [0.29, 0.717) is 0 Å². The Morgan fingerprint density at radius 3 is 2.33 bits per heavy atom. The lowest BCUT2D eigenvalue weighted by Crippen LogP contribution is -2.34. The van der Waals surface area contributed by atoms with Crippen molar-refractivity contribution >= 4 is 5.71 Å². The second-order valence-corrected chi connectivity index (χ2v) is 7.39. The number of nitrogens with one attached hydrogen (secondary N) is 1. The average molecular weight is 282 g/mol. The van der Waals surface area contributed by atoms with Gasteiger partial charge < -0.3 is 5.32 Å². The zero-order valence-corrected chi connectivity index (χ0v) is 13.4. The third-order valence-electron chi connectivity index (χ3n) is 4.73. The first kappa shape index (κ1) is 15.3. The topological polar surface area (TPSA) is 72.0 Å². The Hall–Kier alpha value is -2.07. The molecule has 0 aromatic heterocycles. The maximum atomic E-state index is 9.42. The van der Waals surface area contributed by atoms with Gasteiger partial charge in [0.1, 0.15) is 5.54 Å². The van der Waals surface area contributed by atoms with Crippen LogP contribution in [0, 0.1) is 33.5 Å². The van der Waals surface area contributed by atoms with Crippen molar-refractivity contribution in [2.75, 3.05) is 0 Å². The molecule has 21 heavy (non-hydrogen) atoms. The van der Waals surface area contributed by atoms with Crippen LogP contribution in [0.5, 0.6) is 0 Å². The molecule has 0 aliphatic carbocycles. The lowest BCUT2D eigenvalue weighted by Gasteiger charge is -2.29. The number of hydrogen-bond acceptors (Lipinski definition) is 4. The van der Waals surface area contributed by atoms with Crippen molar-refractivity contribution in [3.63, 3.8) is 0 Å². The molecule has 1 N–H and O–H groups in total. The van der Waals surface area contributed by atoms with Gasteiger partial charge >= 0.3 is 0 Å². The summed E-state index contributed by atoms with van der Waals surface area (Å²) < 4.78 is 0. The summed E-state index contributed by atoms with van der Waals surface area (Å²) in [5.74, 6) is 0. The van der Waals surface area contributed by atoms with Crippen LogP contribution in [0.15, 0.2) is 28.5 Å². The van der Waals surface area contributed by atoms with Crippen molar-refractivity contribution < 1.29 is 0 Å². The molecule has 2 rings (SSSR count). The number of nitrogens with zero attached hydrogens (tertiary/aromatic N) is 3. The second kappa shape index (κ2) is 4.74. The molecule has 2 aliphatic heterocycles. The average Bonchev–Trinajstić information content (AvgIpc) is 2.75. The molecule has 1 atom stereocenters. The van der Waals surface area contributed by atoms with E-state index in [1.807, 2.05) is 6.92 Å². The van der Waals surface area contributed by atoms with Crippen LogP contribution in [-0.4, -0.2) is 11.3 Å². The lowest BCUT2D eigenvalue weighted by atomic mass is 9.74. The Balaban J connectivity index is 2.35. The summed E-state index contributed by atoms with van der Waals surface area (Å²) in [7, 11) is 0. The third kappa shape index (κ3) is 2.59. The molecule has 4 heteroatoms. The van der Waals surface area contributed by atoms with Crippen LogP contribution in [0.25, 0.3) is 0 Å². The van der Waals surface area contributed by atoms with E-state index in [0.717, 1.165) is 29.9 Å². The highest BCUT2D eigenvalue weighted by Gasteiger charge is 2.47. The molecule has 2 aliphatic rings. The summed E-state index contributed by atoms with van der Waals surface area (Å²) in [6, 6.07) is 4.42. The zero-order valence-electron chi connectivity index (χ0n) is 13.4. The fourth-order valence-electron chi connectivity index (χ4n) is 2.88. The van der Waals surface area contributed by atoms with Crippen LogP contribution in [-0.2, 0) is 0 Å². The van der Waals surface area contributed by atoms with Gasteiger partial charge in [0.25, 0.3) is 0 Å². The van der Waals surface area contributed by atoms with Gasteiger partial charge in [0.05, 0.1) is 12.1 Å². The highest BCUT2D eigenvalue weighted by molar-refractivity contribution is 5.98. The second-order valence-electron chi connectivity index (χ2n) is 7.39. The maximum Gasteiger partial charge on any atom is 0.149 e. The summed E-state index contributed by atoms with van der Waals surface area (Å²) in [5, 5.41) is 21.5. The lowest BCUT2D eigenvalue weighted by molar-refractivity contribution is 0.276. The summed E-state index contributed by atoms with van der Waals surface area (Å²) in [6.45, 7) is 10.4. The molecule has 0 aromatic carbocycles. The SMILES string of the molecule is CC1(C)C/C(=C\C#N)N/C1=C\C1=NC(C)(C#N)C(C)(C)C1. The van der Waals surface area contributed by atoms with Gasteiger partial charge in [0, 0.05) is 34.0 Å². The van der Waals surface area contributed by atoms with E-state index in [2.05, 4.69) is 56.2 Å². The first-order valence-electron chi connectivity index (χ1n) is 7.21. The number of nitriles is 2. The Labute approximate surface area is 126 Å². The fourth-order valence-corrected chi connectivity index (χ4v) is 2.88. The molecule has 110 valence electrons. The summed E-state index contributed by atoms with van der Waals surface area (Å²) in [5.41, 5.74) is 2.09. The zero-order chi connectivity index (χ0) is 15.9. The standard InChI is InChI=1S/C17H22N4/c1-15(2)9-12(6-7-18)20-14(15)8-13-10-16(3,4)17(5,11-19)21-13/h6,8,20H,9-10H2,1-5H3/b12-6+,14-8-. The van der Waals surface area contributed by atoms with E-state index in [1.165, 1.54) is 0 Å². The molecule has 0 radical (unpaired) electrons. The Morgan fingerprint density at radius 2 is 1.81 bits per heavy atom. The fraction of sp³-hybridized carbons (Fsp3) is 0.588. The van der Waals surface area contributed by atoms with Gasteiger partial charge in [-0.05, 0) is 25.8 Å². The van der Waals surface area contributed by atoms with Gasteiger partial charge in [-0.25, -0.2) is 0 Å². The quantitative estimate of drug-likeness (QED) is 0.749. The van der Waals surface area contributed by atoms with Gasteiger partial charge in [0.2, 0.25) is 0 Å². The number of rotatable bonds is 1. The normalized spacial score (nSPS) is 33.4. The molecule has 2 heterocycles. The highest BCUT2D eigenvalue weighted by Crippen LogP contribution is 2.44. The van der Waals surface area contributed by atoms with E-state index in [9.17, 15) is 5.26 Å². The molecule has 0 saturated carbocycles. The highest BCUT2D eigenvalue weighted by atomic mass is 15.0. The van der Waals surface area contributed by atoms with Crippen LogP contribution in [0.1, 0.15) is 47.5 Å². The molecular weight excluding hydrogens is 260 g/mol. The minimum atomic E-state index is -0.673. The van der Waals surface area contributed by atoms with E-state index >= 15 is 0 Å². The van der Waals surface area contributed by atoms with E-state index in [-0.39, 0.29) is 10.8 Å². The van der Waals surface area contributed by atoms with Crippen LogP contribution in [0.2, 0.25) is 0 Å². The van der Waals surface area contributed by atoms with Crippen molar-refractivity contribution in [1.29, 1.82) is 10.5 Å². The number of allylic oxidation sites excluding steroid dienone is 4. The predicted octanol–water partition coefficient (Wildman–Crippen LogP) is 3.45. The minimum Gasteiger partial charge on any atom is -0.361 e. The first-order chi connectivity index (χ1) is 9.63. The van der Waals surface area contributed by atoms with Crippen molar-refractivity contribution in [2.24, 2.45) is 15.8 Å².